The van der Waals surface area contributed by atoms with E-state index in [1.165, 1.54) is 0 Å². The molecule has 1 aliphatic carbocycles. The van der Waals surface area contributed by atoms with Crippen molar-refractivity contribution in [1.29, 1.82) is 0 Å². The van der Waals surface area contributed by atoms with Gasteiger partial charge in [-0.15, -0.1) is 5.10 Å². The molecule has 2 aromatic rings. The maximum atomic E-state index is 12.5. The van der Waals surface area contributed by atoms with Crippen molar-refractivity contribution in [1.82, 2.24) is 20.3 Å². The molecule has 2 unspecified atom stereocenters. The van der Waals surface area contributed by atoms with E-state index in [2.05, 4.69) is 29.5 Å². The van der Waals surface area contributed by atoms with Crippen LogP contribution in [0.5, 0.6) is 5.75 Å². The van der Waals surface area contributed by atoms with Gasteiger partial charge in [0, 0.05) is 18.0 Å². The number of aromatic nitrogens is 3. The molecule has 3 rings (SSSR count). The predicted octanol–water partition coefficient (Wildman–Crippen LogP) is 4.25. The second kappa shape index (κ2) is 13.8. The van der Waals surface area contributed by atoms with Crippen LogP contribution in [0, 0.1) is 0 Å². The Morgan fingerprint density at radius 3 is 2.58 bits per heavy atom. The number of carbonyl (C=O) groups is 2. The number of benzene rings is 1. The minimum atomic E-state index is -0.606. The fraction of sp³-hybridized carbons (Fsp3) is 0.655. The van der Waals surface area contributed by atoms with Crippen LogP contribution in [-0.2, 0) is 27.2 Å². The first-order valence-corrected chi connectivity index (χ1v) is 13.9. The van der Waals surface area contributed by atoms with Crippen molar-refractivity contribution < 1.29 is 19.1 Å². The first-order chi connectivity index (χ1) is 18.0. The number of nitrogens with one attached hydrogen (secondary N) is 1. The average Bonchev–Trinajstić information content (AvgIpc) is 3.24. The maximum Gasteiger partial charge on any atom is 0.237 e. The van der Waals surface area contributed by atoms with Crippen LogP contribution in [0.15, 0.2) is 24.3 Å². The highest BCUT2D eigenvalue weighted by molar-refractivity contribution is 5.82. The van der Waals surface area contributed by atoms with Gasteiger partial charge < -0.3 is 20.5 Å². The zero-order chi connectivity index (χ0) is 27.7. The van der Waals surface area contributed by atoms with Gasteiger partial charge >= 0.3 is 0 Å². The van der Waals surface area contributed by atoms with Crippen LogP contribution in [-0.4, -0.2) is 51.5 Å². The zero-order valence-corrected chi connectivity index (χ0v) is 23.7. The minimum absolute atomic E-state index is 0.0614. The van der Waals surface area contributed by atoms with Gasteiger partial charge in [0.1, 0.15) is 24.2 Å². The van der Waals surface area contributed by atoms with E-state index in [1.54, 1.807) is 0 Å². The van der Waals surface area contributed by atoms with Crippen LogP contribution < -0.4 is 15.8 Å². The van der Waals surface area contributed by atoms with E-state index in [0.717, 1.165) is 54.8 Å². The van der Waals surface area contributed by atoms with E-state index >= 15 is 0 Å². The molecule has 1 heterocycles. The number of amides is 1. The molecule has 0 saturated heterocycles. The summed E-state index contributed by atoms with van der Waals surface area (Å²) in [6.45, 7) is 10.5. The Balaban J connectivity index is 1.39. The number of ether oxygens (including phenoxy) is 2. The lowest BCUT2D eigenvalue weighted by molar-refractivity contribution is -0.126. The number of rotatable bonds is 12. The monoisotopic (exact) mass is 527 g/mol. The highest BCUT2D eigenvalue weighted by Crippen LogP contribution is 2.30. The molecule has 2 atom stereocenters. The summed E-state index contributed by atoms with van der Waals surface area (Å²) in [5.41, 5.74) is 8.75. The topological polar surface area (TPSA) is 121 Å². The standard InChI is InChI=1S/C29H45N5O4/c1-20(2)34-25-11-7-6-8-12-26(27(25)32-33-34)38-19-22(35)10-9-17-37-23-15-13-21(14-16-23)18-24(30)28(36)31-29(3,4)5/h13-16,20,24,26H,6-12,17-19,30H2,1-5H3,(H,31,36). The lowest BCUT2D eigenvalue weighted by Crippen LogP contribution is -2.49. The third kappa shape index (κ3) is 9.20. The molecule has 1 aromatic heterocycles. The van der Waals surface area contributed by atoms with Crippen molar-refractivity contribution in [2.45, 2.75) is 110 Å². The molecule has 0 spiro atoms. The predicted molar refractivity (Wildman–Crippen MR) is 147 cm³/mol. The smallest absolute Gasteiger partial charge is 0.237 e. The van der Waals surface area contributed by atoms with Crippen molar-refractivity contribution in [3.8, 4) is 5.75 Å². The molecule has 9 heteroatoms. The van der Waals surface area contributed by atoms with Gasteiger partial charge in [0.25, 0.3) is 0 Å². The van der Waals surface area contributed by atoms with E-state index in [4.69, 9.17) is 15.2 Å². The molecule has 0 radical (unpaired) electrons. The highest BCUT2D eigenvalue weighted by Gasteiger charge is 2.25. The summed E-state index contributed by atoms with van der Waals surface area (Å²) in [7, 11) is 0. The molecule has 1 aromatic carbocycles. The van der Waals surface area contributed by atoms with Crippen LogP contribution in [0.3, 0.4) is 0 Å². The molecule has 1 aliphatic rings. The van der Waals surface area contributed by atoms with Crippen molar-refractivity contribution in [2.75, 3.05) is 13.2 Å². The lowest BCUT2D eigenvalue weighted by Gasteiger charge is -2.23. The molecule has 210 valence electrons. The average molecular weight is 528 g/mol. The molecule has 0 aliphatic heterocycles. The molecular formula is C29H45N5O4. The summed E-state index contributed by atoms with van der Waals surface area (Å²) in [6, 6.07) is 7.21. The van der Waals surface area contributed by atoms with Crippen LogP contribution in [0.2, 0.25) is 0 Å². The third-order valence-electron chi connectivity index (χ3n) is 6.52. The number of ketones is 1. The Morgan fingerprint density at radius 1 is 1.16 bits per heavy atom. The fourth-order valence-electron chi connectivity index (χ4n) is 4.59. The molecule has 3 N–H and O–H groups in total. The third-order valence-corrected chi connectivity index (χ3v) is 6.52. The molecule has 0 bridgehead atoms. The van der Waals surface area contributed by atoms with E-state index in [9.17, 15) is 9.59 Å². The summed E-state index contributed by atoms with van der Waals surface area (Å²) < 4.78 is 13.8. The molecule has 9 nitrogen and oxygen atoms in total. The molecule has 38 heavy (non-hydrogen) atoms. The van der Waals surface area contributed by atoms with E-state index in [1.807, 2.05) is 49.7 Å². The fourth-order valence-corrected chi connectivity index (χ4v) is 4.59. The number of fused-ring (bicyclic) bond motifs is 1. The van der Waals surface area contributed by atoms with Crippen molar-refractivity contribution in [3.05, 3.63) is 41.2 Å². The SMILES string of the molecule is CC(C)n1nnc2c1CCCCCC2OCC(=O)CCCOc1ccc(CC(N)C(=O)NC(C)(C)C)cc1. The van der Waals surface area contributed by atoms with Crippen LogP contribution >= 0.6 is 0 Å². The highest BCUT2D eigenvalue weighted by atomic mass is 16.5. The van der Waals surface area contributed by atoms with E-state index in [0.29, 0.717) is 25.9 Å². The number of hydrogen-bond donors (Lipinski definition) is 2. The van der Waals surface area contributed by atoms with E-state index < -0.39 is 6.04 Å². The van der Waals surface area contributed by atoms with Gasteiger partial charge in [-0.2, -0.15) is 0 Å². The summed E-state index contributed by atoms with van der Waals surface area (Å²) in [4.78, 5) is 24.7. The summed E-state index contributed by atoms with van der Waals surface area (Å²) >= 11 is 0. The molecule has 0 saturated carbocycles. The summed E-state index contributed by atoms with van der Waals surface area (Å²) in [6.07, 6.45) is 6.44. The first kappa shape index (κ1) is 29.8. The quantitative estimate of drug-likeness (QED) is 0.396. The number of carbonyl (C=O) groups excluding carboxylic acids is 2. The Labute approximate surface area is 226 Å². The Morgan fingerprint density at radius 2 is 1.89 bits per heavy atom. The molecule has 0 fully saturated rings. The van der Waals surface area contributed by atoms with Gasteiger partial charge in [-0.1, -0.05) is 30.2 Å². The zero-order valence-electron chi connectivity index (χ0n) is 23.7. The number of Topliss-reactive ketones (excluding diaryl/α,β-unsaturated/α-hetero) is 1. The number of nitrogens with zero attached hydrogens (tertiary/aromatic N) is 3. The molecular weight excluding hydrogens is 482 g/mol. The van der Waals surface area contributed by atoms with Gasteiger partial charge in [0.2, 0.25) is 5.91 Å². The second-order valence-electron chi connectivity index (χ2n) is 11.5. The number of hydrogen-bond acceptors (Lipinski definition) is 7. The normalized spacial score (nSPS) is 16.9. The summed E-state index contributed by atoms with van der Waals surface area (Å²) in [5, 5.41) is 11.7. The molecule has 1 amide bonds. The van der Waals surface area contributed by atoms with Gasteiger partial charge in [-0.05, 0) is 84.4 Å². The Hall–Kier alpha value is -2.78. The minimum Gasteiger partial charge on any atom is -0.494 e. The van der Waals surface area contributed by atoms with Crippen molar-refractivity contribution >= 4 is 11.7 Å². The Bertz CT molecular complexity index is 1040. The van der Waals surface area contributed by atoms with Gasteiger partial charge in [0.15, 0.2) is 5.78 Å². The lowest BCUT2D eigenvalue weighted by atomic mass is 9.98. The van der Waals surface area contributed by atoms with Gasteiger partial charge in [-0.25, -0.2) is 4.68 Å². The maximum absolute atomic E-state index is 12.5. The van der Waals surface area contributed by atoms with Crippen molar-refractivity contribution in [2.24, 2.45) is 5.73 Å². The van der Waals surface area contributed by atoms with E-state index in [-0.39, 0.29) is 36.0 Å². The number of nitrogens with two attached hydrogens (primary N) is 1. The van der Waals surface area contributed by atoms with Gasteiger partial charge in [-0.3, -0.25) is 9.59 Å². The van der Waals surface area contributed by atoms with Crippen LogP contribution in [0.25, 0.3) is 0 Å². The second-order valence-corrected chi connectivity index (χ2v) is 11.5. The summed E-state index contributed by atoms with van der Waals surface area (Å²) in [5.74, 6) is 0.620. The van der Waals surface area contributed by atoms with Gasteiger partial charge in [0.05, 0.1) is 18.3 Å². The van der Waals surface area contributed by atoms with Crippen molar-refractivity contribution in [3.63, 3.8) is 0 Å². The first-order valence-electron chi connectivity index (χ1n) is 13.9. The van der Waals surface area contributed by atoms with Crippen LogP contribution in [0.1, 0.15) is 102 Å². The Kier molecular flexibility index (Phi) is 10.8. The largest absolute Gasteiger partial charge is 0.494 e. The van der Waals surface area contributed by atoms with Crippen LogP contribution in [0.4, 0.5) is 0 Å².